The predicted molar refractivity (Wildman–Crippen MR) is 198 cm³/mol. The van der Waals surface area contributed by atoms with Gasteiger partial charge in [-0.2, -0.15) is 20.5 Å². The van der Waals surface area contributed by atoms with Crippen molar-refractivity contribution in [2.24, 2.45) is 0 Å². The van der Waals surface area contributed by atoms with E-state index in [9.17, 15) is 10.5 Å². The van der Waals surface area contributed by atoms with Gasteiger partial charge in [0.15, 0.2) is 11.6 Å². The molecule has 0 saturated heterocycles. The standard InChI is InChI=1S/C43H27N7/c1-26-15-18-39-34(21-26)35-22-27(2)16-19-40(35)49(39)36-20-17-28(23-30(36)25-45)41-46-42(31-10-4-3-9-29(31)24-44)48-43(47-41)50-37-13-7-5-11-32(37)33-12-6-8-14-38(33)50/h3-23H,1-2H3. The third-order valence-electron chi connectivity index (χ3n) is 9.38. The Hall–Kier alpha value is -7.09. The highest BCUT2D eigenvalue weighted by molar-refractivity contribution is 6.10. The van der Waals surface area contributed by atoms with E-state index in [2.05, 4.69) is 91.2 Å². The number of hydrogen-bond donors (Lipinski definition) is 0. The number of benzene rings is 6. The maximum Gasteiger partial charge on any atom is 0.238 e. The van der Waals surface area contributed by atoms with Gasteiger partial charge in [0.05, 0.1) is 45.0 Å². The monoisotopic (exact) mass is 641 g/mol. The lowest BCUT2D eigenvalue weighted by Crippen LogP contribution is -2.07. The second-order valence-electron chi connectivity index (χ2n) is 12.5. The van der Waals surface area contributed by atoms with Crippen molar-refractivity contribution in [3.8, 4) is 46.5 Å². The van der Waals surface area contributed by atoms with E-state index in [1.54, 1.807) is 6.07 Å². The van der Waals surface area contributed by atoms with Crippen LogP contribution in [0.15, 0.2) is 127 Å². The van der Waals surface area contributed by atoms with Crippen LogP contribution in [0, 0.1) is 36.5 Å². The average molecular weight is 642 g/mol. The zero-order chi connectivity index (χ0) is 33.9. The molecule has 3 heterocycles. The topological polar surface area (TPSA) is 96.1 Å². The van der Waals surface area contributed by atoms with Gasteiger partial charge >= 0.3 is 0 Å². The summed E-state index contributed by atoms with van der Waals surface area (Å²) in [5.41, 5.74) is 9.32. The van der Waals surface area contributed by atoms with Gasteiger partial charge in [-0.25, -0.2) is 4.98 Å². The summed E-state index contributed by atoms with van der Waals surface area (Å²) in [6.45, 7) is 4.19. The van der Waals surface area contributed by atoms with Crippen LogP contribution in [0.5, 0.6) is 0 Å². The van der Waals surface area contributed by atoms with Crippen LogP contribution >= 0.6 is 0 Å². The fourth-order valence-corrected chi connectivity index (χ4v) is 7.10. The van der Waals surface area contributed by atoms with Crippen LogP contribution in [0.3, 0.4) is 0 Å². The largest absolute Gasteiger partial charge is 0.308 e. The Labute approximate surface area is 287 Å². The minimum absolute atomic E-state index is 0.375. The van der Waals surface area contributed by atoms with Crippen molar-refractivity contribution in [3.63, 3.8) is 0 Å². The second kappa shape index (κ2) is 11.3. The summed E-state index contributed by atoms with van der Waals surface area (Å²) < 4.78 is 4.20. The molecule has 0 saturated carbocycles. The molecule has 0 unspecified atom stereocenters. The van der Waals surface area contributed by atoms with Crippen molar-refractivity contribution in [1.82, 2.24) is 24.1 Å². The second-order valence-corrected chi connectivity index (χ2v) is 12.5. The number of aryl methyl sites for hydroxylation is 2. The predicted octanol–water partition coefficient (Wildman–Crippen LogP) is 9.76. The van der Waals surface area contributed by atoms with Gasteiger partial charge in [0.25, 0.3) is 0 Å². The van der Waals surface area contributed by atoms with Crippen LogP contribution in [0.25, 0.3) is 78.0 Å². The molecule has 9 aromatic rings. The molecule has 0 aliphatic rings. The summed E-state index contributed by atoms with van der Waals surface area (Å²) in [5, 5.41) is 25.1. The molecule has 7 nitrogen and oxygen atoms in total. The summed E-state index contributed by atoms with van der Waals surface area (Å²) in [5.74, 6) is 1.20. The van der Waals surface area contributed by atoms with E-state index < -0.39 is 0 Å². The number of rotatable bonds is 4. The highest BCUT2D eigenvalue weighted by Crippen LogP contribution is 2.36. The highest BCUT2D eigenvalue weighted by Gasteiger charge is 2.21. The van der Waals surface area contributed by atoms with E-state index in [0.29, 0.717) is 39.9 Å². The molecule has 0 spiro atoms. The van der Waals surface area contributed by atoms with E-state index in [1.807, 2.05) is 65.2 Å². The summed E-state index contributed by atoms with van der Waals surface area (Å²) in [6, 6.07) is 47.1. The van der Waals surface area contributed by atoms with Crippen molar-refractivity contribution in [2.45, 2.75) is 13.8 Å². The molecule has 0 aliphatic carbocycles. The fraction of sp³-hybridized carbons (Fsp3) is 0.0465. The van der Waals surface area contributed by atoms with Crippen molar-refractivity contribution < 1.29 is 0 Å². The van der Waals surface area contributed by atoms with Gasteiger partial charge in [0.2, 0.25) is 5.95 Å². The van der Waals surface area contributed by atoms with Crippen molar-refractivity contribution in [1.29, 1.82) is 10.5 Å². The van der Waals surface area contributed by atoms with Crippen LogP contribution in [0.4, 0.5) is 0 Å². The van der Waals surface area contributed by atoms with E-state index in [-0.39, 0.29) is 0 Å². The smallest absolute Gasteiger partial charge is 0.238 e. The van der Waals surface area contributed by atoms with E-state index >= 15 is 0 Å². The zero-order valence-corrected chi connectivity index (χ0v) is 27.3. The fourth-order valence-electron chi connectivity index (χ4n) is 7.10. The number of nitriles is 2. The number of nitrogens with zero attached hydrogens (tertiary/aromatic N) is 7. The molecule has 7 heteroatoms. The molecule has 0 aliphatic heterocycles. The Morgan fingerprint density at radius 3 is 1.68 bits per heavy atom. The Kier molecular flexibility index (Phi) is 6.55. The molecule has 0 amide bonds. The lowest BCUT2D eigenvalue weighted by molar-refractivity contribution is 0.953. The van der Waals surface area contributed by atoms with Gasteiger partial charge in [0.1, 0.15) is 6.07 Å². The van der Waals surface area contributed by atoms with Crippen molar-refractivity contribution >= 4 is 43.6 Å². The van der Waals surface area contributed by atoms with Gasteiger partial charge in [-0.05, 0) is 80.6 Å². The number of hydrogen-bond acceptors (Lipinski definition) is 5. The van der Waals surface area contributed by atoms with E-state index in [0.717, 1.165) is 49.3 Å². The molecule has 50 heavy (non-hydrogen) atoms. The number of aromatic nitrogens is 5. The normalized spacial score (nSPS) is 11.4. The molecule has 6 aromatic carbocycles. The Morgan fingerprint density at radius 2 is 1.04 bits per heavy atom. The first-order chi connectivity index (χ1) is 24.5. The first-order valence-electron chi connectivity index (χ1n) is 16.3. The van der Waals surface area contributed by atoms with Crippen molar-refractivity contribution in [2.75, 3.05) is 0 Å². The molecule has 0 fully saturated rings. The third kappa shape index (κ3) is 4.46. The molecule has 0 radical (unpaired) electrons. The van der Waals surface area contributed by atoms with Crippen LogP contribution in [-0.4, -0.2) is 24.1 Å². The van der Waals surface area contributed by atoms with Gasteiger partial charge in [-0.1, -0.05) is 71.8 Å². The average Bonchev–Trinajstić information content (AvgIpc) is 3.66. The Bertz CT molecular complexity index is 2820. The summed E-state index contributed by atoms with van der Waals surface area (Å²) >= 11 is 0. The quantitative estimate of drug-likeness (QED) is 0.191. The Balaban J connectivity index is 1.30. The van der Waals surface area contributed by atoms with E-state index in [4.69, 9.17) is 15.0 Å². The number of fused-ring (bicyclic) bond motifs is 6. The van der Waals surface area contributed by atoms with Gasteiger partial charge in [-0.15, -0.1) is 0 Å². The maximum absolute atomic E-state index is 10.6. The summed E-state index contributed by atoms with van der Waals surface area (Å²) in [6.07, 6.45) is 0. The molecule has 9 rings (SSSR count). The molecule has 234 valence electrons. The molecular formula is C43H27N7. The molecule has 3 aromatic heterocycles. The van der Waals surface area contributed by atoms with E-state index in [1.165, 1.54) is 11.1 Å². The van der Waals surface area contributed by atoms with Gasteiger partial charge in [0, 0.05) is 32.7 Å². The summed E-state index contributed by atoms with van der Waals surface area (Å²) in [4.78, 5) is 15.0. The first-order valence-corrected chi connectivity index (χ1v) is 16.3. The van der Waals surface area contributed by atoms with Crippen LogP contribution in [-0.2, 0) is 0 Å². The van der Waals surface area contributed by atoms with Gasteiger partial charge < -0.3 is 4.57 Å². The van der Waals surface area contributed by atoms with Crippen molar-refractivity contribution in [3.05, 3.63) is 150 Å². The minimum atomic E-state index is 0.375. The minimum Gasteiger partial charge on any atom is -0.308 e. The number of para-hydroxylation sites is 2. The summed E-state index contributed by atoms with van der Waals surface area (Å²) in [7, 11) is 0. The molecular weight excluding hydrogens is 615 g/mol. The van der Waals surface area contributed by atoms with Gasteiger partial charge in [-0.3, -0.25) is 4.57 Å². The highest BCUT2D eigenvalue weighted by atomic mass is 15.2. The van der Waals surface area contributed by atoms with Crippen LogP contribution < -0.4 is 0 Å². The third-order valence-corrected chi connectivity index (χ3v) is 9.38. The first kappa shape index (κ1) is 29.1. The lowest BCUT2D eigenvalue weighted by atomic mass is 10.1. The maximum atomic E-state index is 10.6. The Morgan fingerprint density at radius 1 is 0.480 bits per heavy atom. The lowest BCUT2D eigenvalue weighted by Gasteiger charge is -2.13. The van der Waals surface area contributed by atoms with Crippen LogP contribution in [0.2, 0.25) is 0 Å². The molecule has 0 bridgehead atoms. The zero-order valence-electron chi connectivity index (χ0n) is 27.3. The SMILES string of the molecule is Cc1ccc2c(c1)c1cc(C)ccc1n2-c1ccc(-c2nc(-c3ccccc3C#N)nc(-n3c4ccccc4c4ccccc43)n2)cc1C#N. The van der Waals surface area contributed by atoms with Crippen LogP contribution in [0.1, 0.15) is 22.3 Å². The molecule has 0 atom stereocenters. The molecule has 0 N–H and O–H groups in total.